The van der Waals surface area contributed by atoms with E-state index in [1.54, 1.807) is 12.1 Å². The average Bonchev–Trinajstić information content (AvgIpc) is 2.67. The first-order valence-corrected chi connectivity index (χ1v) is 8.62. The molecule has 0 unspecified atom stereocenters. The van der Waals surface area contributed by atoms with E-state index in [9.17, 15) is 9.59 Å². The molecule has 2 aromatic carbocycles. The zero-order valence-corrected chi connectivity index (χ0v) is 14.4. The van der Waals surface area contributed by atoms with Crippen molar-refractivity contribution in [2.45, 2.75) is 12.8 Å². The Kier molecular flexibility index (Phi) is 5.55. The van der Waals surface area contributed by atoms with Gasteiger partial charge in [-0.2, -0.15) is 0 Å². The van der Waals surface area contributed by atoms with Crippen molar-refractivity contribution in [3.05, 3.63) is 55.7 Å². The van der Waals surface area contributed by atoms with Gasteiger partial charge in [-0.25, -0.2) is 0 Å². The largest absolute Gasteiger partial charge is 0.330 e. The van der Waals surface area contributed by atoms with Crippen molar-refractivity contribution in [2.24, 2.45) is 21.5 Å². The molecule has 0 radical (unpaired) electrons. The van der Waals surface area contributed by atoms with Crippen molar-refractivity contribution in [3.8, 4) is 0 Å². The first kappa shape index (κ1) is 18.0. The molecule has 26 heavy (non-hydrogen) atoms. The molecule has 0 atom stereocenters. The Morgan fingerprint density at radius 1 is 0.769 bits per heavy atom. The second-order valence-corrected chi connectivity index (χ2v) is 5.96. The maximum atomic E-state index is 13.1. The third kappa shape index (κ3) is 3.29. The monoisotopic (exact) mass is 354 g/mol. The molecule has 0 aliphatic carbocycles. The summed E-state index contributed by atoms with van der Waals surface area (Å²) in [6, 6.07) is 3.48. The van der Waals surface area contributed by atoms with Gasteiger partial charge < -0.3 is 21.7 Å². The molecule has 1 heterocycles. The average molecular weight is 354 g/mol. The van der Waals surface area contributed by atoms with Gasteiger partial charge in [0.25, 0.3) is 0 Å². The highest BCUT2D eigenvalue weighted by Gasteiger charge is 2.13. The number of aromatic amines is 2. The van der Waals surface area contributed by atoms with Gasteiger partial charge in [0.15, 0.2) is 10.9 Å². The number of fused-ring (bicyclic) bond motifs is 2. The molecular formula is C18H22N6O2. The lowest BCUT2D eigenvalue weighted by atomic mass is 10.0. The quantitative estimate of drug-likeness (QED) is 0.343. The molecule has 0 spiro atoms. The molecule has 6 N–H and O–H groups in total. The number of hydrogen-bond acceptors (Lipinski definition) is 6. The second kappa shape index (κ2) is 8.03. The minimum atomic E-state index is -0.234. The summed E-state index contributed by atoms with van der Waals surface area (Å²) in [4.78, 5) is 35.1. The van der Waals surface area contributed by atoms with E-state index in [2.05, 4.69) is 20.2 Å². The maximum Gasteiger partial charge on any atom is 0.198 e. The lowest BCUT2D eigenvalue weighted by molar-refractivity contribution is 0.826. The molecule has 136 valence electrons. The number of nitrogens with zero attached hydrogens (tertiary/aromatic N) is 2. The molecule has 0 amide bonds. The standard InChI is InChI=1S/C18H22N6O2/c19-5-1-7-21-13-3-4-14(22-8-2-6-20)16-15(13)17(25)11-9-23-24-10-12(11)18(16)26/h3-4,9-10,23-24H,1-2,5-8,19-20H2. The van der Waals surface area contributed by atoms with Crippen molar-refractivity contribution in [3.63, 3.8) is 0 Å². The van der Waals surface area contributed by atoms with Crippen LogP contribution in [-0.2, 0) is 0 Å². The molecule has 1 aromatic heterocycles. The van der Waals surface area contributed by atoms with E-state index >= 15 is 0 Å². The molecule has 0 fully saturated rings. The predicted molar refractivity (Wildman–Crippen MR) is 102 cm³/mol. The fraction of sp³-hybridized carbons (Fsp3) is 0.333. The van der Waals surface area contributed by atoms with Gasteiger partial charge in [-0.05, 0) is 38.1 Å². The van der Waals surface area contributed by atoms with Crippen LogP contribution >= 0.6 is 0 Å². The van der Waals surface area contributed by atoms with Crippen molar-refractivity contribution in [1.29, 1.82) is 0 Å². The summed E-state index contributed by atoms with van der Waals surface area (Å²) in [6.45, 7) is 2.02. The van der Waals surface area contributed by atoms with E-state index in [1.165, 1.54) is 12.4 Å². The van der Waals surface area contributed by atoms with Gasteiger partial charge in [-0.15, -0.1) is 0 Å². The zero-order valence-electron chi connectivity index (χ0n) is 14.4. The number of hydrogen-bond donors (Lipinski definition) is 4. The number of aromatic nitrogens is 2. The Labute approximate surface area is 148 Å². The Balaban J connectivity index is 2.45. The van der Waals surface area contributed by atoms with Crippen molar-refractivity contribution < 1.29 is 0 Å². The molecule has 0 aliphatic rings. The van der Waals surface area contributed by atoms with Gasteiger partial charge in [0.2, 0.25) is 0 Å². The minimum absolute atomic E-state index is 0.234. The Morgan fingerprint density at radius 3 is 1.58 bits per heavy atom. The smallest absolute Gasteiger partial charge is 0.198 e. The van der Waals surface area contributed by atoms with Gasteiger partial charge in [0.1, 0.15) is 0 Å². The number of nitrogens with two attached hydrogens (primary N) is 2. The number of rotatable bonds is 6. The number of nitrogens with one attached hydrogen (secondary N) is 2. The van der Waals surface area contributed by atoms with Crippen molar-refractivity contribution in [2.75, 3.05) is 26.2 Å². The fourth-order valence-electron chi connectivity index (χ4n) is 2.91. The SMILES string of the molecule is NCCCN=c1ccc(=NCCCN)c2c(=O)c3c[nH][nH]cc3c(=O)c12. The summed E-state index contributed by atoms with van der Waals surface area (Å²) in [7, 11) is 0. The number of H-pyrrole nitrogens is 2. The highest BCUT2D eigenvalue weighted by atomic mass is 16.1. The third-order valence-corrected chi connectivity index (χ3v) is 4.20. The molecule has 8 nitrogen and oxygen atoms in total. The van der Waals surface area contributed by atoms with Gasteiger partial charge >= 0.3 is 0 Å². The van der Waals surface area contributed by atoms with E-state index < -0.39 is 0 Å². The van der Waals surface area contributed by atoms with E-state index in [0.29, 0.717) is 71.3 Å². The van der Waals surface area contributed by atoms with Crippen LogP contribution in [0.1, 0.15) is 12.8 Å². The molecule has 8 heteroatoms. The van der Waals surface area contributed by atoms with Crippen LogP contribution < -0.4 is 33.0 Å². The van der Waals surface area contributed by atoms with E-state index in [0.717, 1.165) is 0 Å². The molecular weight excluding hydrogens is 332 g/mol. The topological polar surface area (TPSA) is 142 Å². The highest BCUT2D eigenvalue weighted by Crippen LogP contribution is 2.06. The van der Waals surface area contributed by atoms with Crippen LogP contribution in [0.2, 0.25) is 0 Å². The maximum absolute atomic E-state index is 13.1. The van der Waals surface area contributed by atoms with Crippen LogP contribution in [0.15, 0.2) is 44.1 Å². The van der Waals surface area contributed by atoms with Crippen LogP contribution in [0, 0.1) is 0 Å². The van der Waals surface area contributed by atoms with Gasteiger partial charge in [-0.1, -0.05) is 0 Å². The van der Waals surface area contributed by atoms with Crippen LogP contribution in [0.25, 0.3) is 21.5 Å². The summed E-state index contributed by atoms with van der Waals surface area (Å²) >= 11 is 0. The van der Waals surface area contributed by atoms with Gasteiger partial charge in [0.05, 0.1) is 32.3 Å². The van der Waals surface area contributed by atoms with E-state index in [4.69, 9.17) is 11.5 Å². The van der Waals surface area contributed by atoms with Crippen molar-refractivity contribution in [1.82, 2.24) is 10.2 Å². The normalized spacial score (nSPS) is 13.2. The lowest BCUT2D eigenvalue weighted by Crippen LogP contribution is -2.27. The van der Waals surface area contributed by atoms with Crippen LogP contribution in [0.5, 0.6) is 0 Å². The molecule has 0 aliphatic heterocycles. The van der Waals surface area contributed by atoms with Crippen LogP contribution in [0.4, 0.5) is 0 Å². The Hall–Kier alpha value is -2.84. The fourth-order valence-corrected chi connectivity index (χ4v) is 2.91. The molecule has 0 saturated carbocycles. The molecule has 0 bridgehead atoms. The summed E-state index contributed by atoms with van der Waals surface area (Å²) in [5.74, 6) is 0. The molecule has 0 saturated heterocycles. The second-order valence-electron chi connectivity index (χ2n) is 5.96. The van der Waals surface area contributed by atoms with E-state index in [-0.39, 0.29) is 10.9 Å². The van der Waals surface area contributed by atoms with Crippen LogP contribution in [-0.4, -0.2) is 36.4 Å². The van der Waals surface area contributed by atoms with Gasteiger partial charge in [0, 0.05) is 25.5 Å². The predicted octanol–water partition coefficient (Wildman–Crippen LogP) is -0.694. The van der Waals surface area contributed by atoms with Crippen LogP contribution in [0.3, 0.4) is 0 Å². The molecule has 3 rings (SSSR count). The highest BCUT2D eigenvalue weighted by molar-refractivity contribution is 5.96. The third-order valence-electron chi connectivity index (χ3n) is 4.20. The Morgan fingerprint density at radius 2 is 1.19 bits per heavy atom. The lowest BCUT2D eigenvalue weighted by Gasteiger charge is -2.03. The summed E-state index contributed by atoms with van der Waals surface area (Å²) in [5, 5.41) is 7.79. The molecule has 3 aromatic rings. The zero-order chi connectivity index (χ0) is 18.5. The summed E-state index contributed by atoms with van der Waals surface area (Å²) in [5.41, 5.74) is 10.6. The van der Waals surface area contributed by atoms with E-state index in [1.807, 2.05) is 0 Å². The van der Waals surface area contributed by atoms with Gasteiger partial charge in [-0.3, -0.25) is 19.6 Å². The van der Waals surface area contributed by atoms with Crippen molar-refractivity contribution >= 4 is 21.5 Å². The Bertz CT molecular complexity index is 1070. The summed E-state index contributed by atoms with van der Waals surface area (Å²) in [6.07, 6.45) is 4.42. The summed E-state index contributed by atoms with van der Waals surface area (Å²) < 4.78 is 0. The first-order valence-electron chi connectivity index (χ1n) is 8.62. The minimum Gasteiger partial charge on any atom is -0.330 e. The number of benzene rings is 2. The first-order chi connectivity index (χ1) is 12.7.